The molecule has 4 rings (SSSR count). The van der Waals surface area contributed by atoms with Crippen LogP contribution in [0, 0.1) is 0 Å². The molecule has 33 heavy (non-hydrogen) atoms. The summed E-state index contributed by atoms with van der Waals surface area (Å²) in [6.07, 6.45) is 1.58. The maximum absolute atomic E-state index is 13.1. The van der Waals surface area contributed by atoms with E-state index in [-0.39, 0.29) is 5.91 Å². The molecule has 0 N–H and O–H groups in total. The molecule has 0 radical (unpaired) electrons. The number of hydrogen-bond donors (Lipinski definition) is 0. The van der Waals surface area contributed by atoms with E-state index < -0.39 is 0 Å². The fraction of sp³-hybridized carbons (Fsp3) is 0.320. The molecule has 0 unspecified atom stereocenters. The van der Waals surface area contributed by atoms with E-state index in [1.54, 1.807) is 38.7 Å². The third-order valence-corrected chi connectivity index (χ3v) is 5.64. The number of hydrogen-bond acceptors (Lipinski definition) is 7. The highest BCUT2D eigenvalue weighted by Gasteiger charge is 2.26. The number of piperazine rings is 1. The van der Waals surface area contributed by atoms with Crippen LogP contribution >= 0.6 is 0 Å². The Labute approximate surface area is 193 Å². The van der Waals surface area contributed by atoms with Gasteiger partial charge < -0.3 is 24.0 Å². The van der Waals surface area contributed by atoms with Crippen molar-refractivity contribution in [2.75, 3.05) is 51.9 Å². The molecule has 1 fully saturated rings. The molecular formula is C25H28N4O4. The number of methoxy groups -OCH3 is 2. The van der Waals surface area contributed by atoms with Gasteiger partial charge in [-0.3, -0.25) is 4.79 Å². The van der Waals surface area contributed by atoms with Gasteiger partial charge >= 0.3 is 0 Å². The normalized spacial score (nSPS) is 13.5. The molecule has 8 nitrogen and oxygen atoms in total. The van der Waals surface area contributed by atoms with Crippen molar-refractivity contribution in [3.8, 4) is 28.5 Å². The summed E-state index contributed by atoms with van der Waals surface area (Å²) in [6.45, 7) is 5.12. The van der Waals surface area contributed by atoms with E-state index in [4.69, 9.17) is 14.2 Å². The smallest absolute Gasteiger partial charge is 0.257 e. The maximum atomic E-state index is 13.1. The van der Waals surface area contributed by atoms with Crippen molar-refractivity contribution in [2.24, 2.45) is 0 Å². The van der Waals surface area contributed by atoms with Gasteiger partial charge in [0.05, 0.1) is 32.1 Å². The average Bonchev–Trinajstić information content (AvgIpc) is 2.88. The summed E-state index contributed by atoms with van der Waals surface area (Å²) >= 11 is 0. The quantitative estimate of drug-likeness (QED) is 0.547. The van der Waals surface area contributed by atoms with E-state index >= 15 is 0 Å². The molecule has 3 aromatic rings. The molecule has 0 bridgehead atoms. The summed E-state index contributed by atoms with van der Waals surface area (Å²) in [5.74, 6) is 2.63. The monoisotopic (exact) mass is 448 g/mol. The number of benzene rings is 2. The first kappa shape index (κ1) is 22.4. The largest absolute Gasteiger partial charge is 0.494 e. The minimum absolute atomic E-state index is 0.0665. The van der Waals surface area contributed by atoms with Gasteiger partial charge in [0.25, 0.3) is 5.91 Å². The predicted octanol–water partition coefficient (Wildman–Crippen LogP) is 3.52. The van der Waals surface area contributed by atoms with E-state index in [1.807, 2.05) is 42.2 Å². The number of carbonyl (C=O) groups is 1. The van der Waals surface area contributed by atoms with Crippen molar-refractivity contribution in [1.82, 2.24) is 14.9 Å². The van der Waals surface area contributed by atoms with E-state index in [2.05, 4.69) is 14.9 Å². The van der Waals surface area contributed by atoms with Crippen molar-refractivity contribution >= 4 is 11.7 Å². The van der Waals surface area contributed by atoms with Crippen LogP contribution in [0.3, 0.4) is 0 Å². The zero-order valence-electron chi connectivity index (χ0n) is 19.2. The Morgan fingerprint density at radius 1 is 0.970 bits per heavy atom. The maximum Gasteiger partial charge on any atom is 0.257 e. The zero-order chi connectivity index (χ0) is 23.2. The van der Waals surface area contributed by atoms with Crippen LogP contribution in [0.5, 0.6) is 17.2 Å². The van der Waals surface area contributed by atoms with Crippen molar-refractivity contribution in [1.29, 1.82) is 0 Å². The van der Waals surface area contributed by atoms with Crippen LogP contribution in [-0.2, 0) is 0 Å². The van der Waals surface area contributed by atoms with Crippen molar-refractivity contribution in [2.45, 2.75) is 6.92 Å². The van der Waals surface area contributed by atoms with Crippen LogP contribution in [-0.4, -0.2) is 67.8 Å². The number of aromatic nitrogens is 2. The molecule has 0 spiro atoms. The first-order valence-corrected chi connectivity index (χ1v) is 10.9. The Bertz CT molecular complexity index is 1100. The summed E-state index contributed by atoms with van der Waals surface area (Å²) in [7, 11) is 3.11. The Hall–Kier alpha value is -3.81. The molecule has 0 aliphatic carbocycles. The number of anilines is 1. The van der Waals surface area contributed by atoms with Gasteiger partial charge in [0.1, 0.15) is 17.9 Å². The van der Waals surface area contributed by atoms with E-state index in [1.165, 1.54) is 0 Å². The fourth-order valence-electron chi connectivity index (χ4n) is 3.93. The number of ether oxygens (including phenoxy) is 3. The van der Waals surface area contributed by atoms with Crippen LogP contribution in [0.25, 0.3) is 11.3 Å². The third-order valence-electron chi connectivity index (χ3n) is 5.64. The molecule has 1 saturated heterocycles. The summed E-state index contributed by atoms with van der Waals surface area (Å²) in [6, 6.07) is 15.2. The Balaban J connectivity index is 1.44. The molecule has 0 saturated carbocycles. The van der Waals surface area contributed by atoms with Gasteiger partial charge in [-0.05, 0) is 43.3 Å². The second kappa shape index (κ2) is 10.2. The van der Waals surface area contributed by atoms with Gasteiger partial charge in [-0.25, -0.2) is 9.97 Å². The summed E-state index contributed by atoms with van der Waals surface area (Å²) in [5.41, 5.74) is 2.36. The summed E-state index contributed by atoms with van der Waals surface area (Å²) in [4.78, 5) is 26.0. The lowest BCUT2D eigenvalue weighted by Crippen LogP contribution is -2.49. The standard InChI is InChI=1S/C25H28N4O4/c1-4-33-19-10-8-18(9-11-19)21-16-23(27-17-26-21)28-12-14-29(15-13-28)25(30)20-6-5-7-22(31-2)24(20)32-3/h5-11,16-17H,4,12-15H2,1-3H3. The van der Waals surface area contributed by atoms with Crippen LogP contribution in [0.1, 0.15) is 17.3 Å². The number of nitrogens with zero attached hydrogens (tertiary/aromatic N) is 4. The van der Waals surface area contributed by atoms with Crippen LogP contribution in [0.15, 0.2) is 54.9 Å². The minimum atomic E-state index is -0.0665. The number of carbonyl (C=O) groups excluding carboxylic acids is 1. The van der Waals surface area contributed by atoms with Crippen LogP contribution < -0.4 is 19.1 Å². The SMILES string of the molecule is CCOc1ccc(-c2cc(N3CCN(C(=O)c4cccc(OC)c4OC)CC3)ncn2)cc1. The minimum Gasteiger partial charge on any atom is -0.494 e. The second-order valence-electron chi connectivity index (χ2n) is 7.54. The first-order valence-electron chi connectivity index (χ1n) is 10.9. The Morgan fingerprint density at radius 2 is 1.73 bits per heavy atom. The predicted molar refractivity (Wildman–Crippen MR) is 126 cm³/mol. The number of para-hydroxylation sites is 1. The van der Waals surface area contributed by atoms with E-state index in [0.29, 0.717) is 49.8 Å². The Morgan fingerprint density at radius 3 is 2.39 bits per heavy atom. The molecule has 172 valence electrons. The van der Waals surface area contributed by atoms with E-state index in [9.17, 15) is 4.79 Å². The summed E-state index contributed by atoms with van der Waals surface area (Å²) in [5, 5.41) is 0. The molecule has 1 aliphatic heterocycles. The van der Waals surface area contributed by atoms with Crippen LogP contribution in [0.2, 0.25) is 0 Å². The number of amides is 1. The highest BCUT2D eigenvalue weighted by molar-refractivity contribution is 5.98. The van der Waals surface area contributed by atoms with E-state index in [0.717, 1.165) is 22.8 Å². The zero-order valence-corrected chi connectivity index (χ0v) is 19.2. The second-order valence-corrected chi connectivity index (χ2v) is 7.54. The van der Waals surface area contributed by atoms with Crippen molar-refractivity contribution < 1.29 is 19.0 Å². The third kappa shape index (κ3) is 4.84. The van der Waals surface area contributed by atoms with Gasteiger partial charge in [-0.15, -0.1) is 0 Å². The van der Waals surface area contributed by atoms with Crippen molar-refractivity contribution in [3.63, 3.8) is 0 Å². The fourth-order valence-corrected chi connectivity index (χ4v) is 3.93. The van der Waals surface area contributed by atoms with Gasteiger partial charge in [-0.1, -0.05) is 6.07 Å². The average molecular weight is 449 g/mol. The van der Waals surface area contributed by atoms with Gasteiger partial charge in [0.15, 0.2) is 11.5 Å². The molecule has 1 aliphatic rings. The Kier molecular flexibility index (Phi) is 6.92. The molecular weight excluding hydrogens is 420 g/mol. The molecule has 2 aromatic carbocycles. The lowest BCUT2D eigenvalue weighted by molar-refractivity contribution is 0.0742. The topological polar surface area (TPSA) is 77.0 Å². The molecule has 0 atom stereocenters. The van der Waals surface area contributed by atoms with Crippen molar-refractivity contribution in [3.05, 3.63) is 60.4 Å². The highest BCUT2D eigenvalue weighted by Crippen LogP contribution is 2.32. The first-order chi connectivity index (χ1) is 16.1. The summed E-state index contributed by atoms with van der Waals surface area (Å²) < 4.78 is 16.3. The molecule has 1 amide bonds. The van der Waals surface area contributed by atoms with Gasteiger partial charge in [0, 0.05) is 37.8 Å². The van der Waals surface area contributed by atoms with Crippen LogP contribution in [0.4, 0.5) is 5.82 Å². The van der Waals surface area contributed by atoms with Gasteiger partial charge in [0.2, 0.25) is 0 Å². The number of rotatable bonds is 7. The molecule has 2 heterocycles. The lowest BCUT2D eigenvalue weighted by atomic mass is 10.1. The van der Waals surface area contributed by atoms with Gasteiger partial charge in [-0.2, -0.15) is 0 Å². The highest BCUT2D eigenvalue weighted by atomic mass is 16.5. The molecule has 8 heteroatoms. The lowest BCUT2D eigenvalue weighted by Gasteiger charge is -2.35. The molecule has 1 aromatic heterocycles.